The summed E-state index contributed by atoms with van der Waals surface area (Å²) in [5.41, 5.74) is 1.19. The number of hydrogen-bond acceptors (Lipinski definition) is 4. The van der Waals surface area contributed by atoms with Crippen molar-refractivity contribution in [2.24, 2.45) is 0 Å². The second kappa shape index (κ2) is 6.81. The van der Waals surface area contributed by atoms with Gasteiger partial charge in [-0.25, -0.2) is 9.97 Å². The summed E-state index contributed by atoms with van der Waals surface area (Å²) in [6.07, 6.45) is 5.23. The molecule has 0 saturated carbocycles. The first-order valence-electron chi connectivity index (χ1n) is 5.61. The maximum atomic E-state index is 5.49. The van der Waals surface area contributed by atoms with Crippen LogP contribution in [0.2, 0.25) is 0 Å². The van der Waals surface area contributed by atoms with E-state index in [0.29, 0.717) is 6.61 Å². The summed E-state index contributed by atoms with van der Waals surface area (Å²) < 4.78 is 5.49. The second-order valence-electron chi connectivity index (χ2n) is 3.57. The molecule has 0 aliphatic heterocycles. The number of thioether (sulfide) groups is 1. The lowest BCUT2D eigenvalue weighted by atomic mass is 10.2. The Morgan fingerprint density at radius 1 is 1.22 bits per heavy atom. The average Bonchev–Trinajstić information content (AvgIpc) is 2.44. The molecule has 1 aromatic heterocycles. The minimum atomic E-state index is 0.526. The first-order chi connectivity index (χ1) is 8.88. The monoisotopic (exact) mass is 258 g/mol. The van der Waals surface area contributed by atoms with Crippen molar-refractivity contribution >= 4 is 11.8 Å². The normalized spacial score (nSPS) is 10.0. The molecular weight excluding hydrogens is 244 g/mol. The van der Waals surface area contributed by atoms with Crippen molar-refractivity contribution in [1.82, 2.24) is 9.97 Å². The van der Waals surface area contributed by atoms with E-state index in [1.54, 1.807) is 30.2 Å². The van der Waals surface area contributed by atoms with E-state index in [9.17, 15) is 0 Å². The van der Waals surface area contributed by atoms with E-state index in [1.807, 2.05) is 24.3 Å². The van der Waals surface area contributed by atoms with E-state index in [0.717, 1.165) is 16.7 Å². The molecule has 0 aliphatic rings. The fourth-order valence-corrected chi connectivity index (χ4v) is 2.13. The molecule has 0 radical (unpaired) electrons. The summed E-state index contributed by atoms with van der Waals surface area (Å²) in [4.78, 5) is 8.35. The third-order valence-electron chi connectivity index (χ3n) is 2.18. The molecule has 92 valence electrons. The van der Waals surface area contributed by atoms with Crippen LogP contribution in [-0.4, -0.2) is 16.6 Å². The summed E-state index contributed by atoms with van der Waals surface area (Å²) in [5.74, 6) is 1.69. The van der Waals surface area contributed by atoms with Crippen LogP contribution in [0.25, 0.3) is 0 Å². The van der Waals surface area contributed by atoms with E-state index in [-0.39, 0.29) is 0 Å². The first kappa shape index (κ1) is 12.6. The fraction of sp³-hybridized carbons (Fsp3) is 0.143. The van der Waals surface area contributed by atoms with Gasteiger partial charge >= 0.3 is 0 Å². The number of benzene rings is 1. The SMILES string of the molecule is C=CCOc1cccc(CSc2ncccn2)c1. The number of nitrogens with zero attached hydrogens (tertiary/aromatic N) is 2. The lowest BCUT2D eigenvalue weighted by Crippen LogP contribution is -1.93. The molecule has 0 spiro atoms. The van der Waals surface area contributed by atoms with Crippen LogP contribution in [0.5, 0.6) is 5.75 Å². The van der Waals surface area contributed by atoms with Gasteiger partial charge in [-0.3, -0.25) is 0 Å². The Kier molecular flexibility index (Phi) is 4.78. The van der Waals surface area contributed by atoms with Gasteiger partial charge in [-0.05, 0) is 23.8 Å². The van der Waals surface area contributed by atoms with Gasteiger partial charge in [0.25, 0.3) is 0 Å². The van der Waals surface area contributed by atoms with Gasteiger partial charge in [-0.1, -0.05) is 36.5 Å². The highest BCUT2D eigenvalue weighted by molar-refractivity contribution is 7.98. The molecule has 0 atom stereocenters. The van der Waals surface area contributed by atoms with Crippen molar-refractivity contribution in [3.05, 3.63) is 60.9 Å². The van der Waals surface area contributed by atoms with E-state index >= 15 is 0 Å². The smallest absolute Gasteiger partial charge is 0.187 e. The molecule has 0 aliphatic carbocycles. The van der Waals surface area contributed by atoms with Crippen LogP contribution in [0.1, 0.15) is 5.56 Å². The van der Waals surface area contributed by atoms with Gasteiger partial charge in [0.05, 0.1) is 0 Å². The summed E-state index contributed by atoms with van der Waals surface area (Å²) >= 11 is 1.61. The Hall–Kier alpha value is -1.81. The predicted molar refractivity (Wildman–Crippen MR) is 73.7 cm³/mol. The zero-order valence-corrected chi connectivity index (χ0v) is 10.8. The van der Waals surface area contributed by atoms with E-state index in [1.165, 1.54) is 5.56 Å². The van der Waals surface area contributed by atoms with Gasteiger partial charge < -0.3 is 4.74 Å². The fourth-order valence-electron chi connectivity index (χ4n) is 1.39. The highest BCUT2D eigenvalue weighted by Crippen LogP contribution is 2.21. The molecule has 1 heterocycles. The van der Waals surface area contributed by atoms with Gasteiger partial charge in [0.1, 0.15) is 12.4 Å². The maximum absolute atomic E-state index is 5.49. The molecule has 0 saturated heterocycles. The third-order valence-corrected chi connectivity index (χ3v) is 3.12. The molecule has 0 N–H and O–H groups in total. The predicted octanol–water partition coefficient (Wildman–Crippen LogP) is 3.33. The summed E-state index contributed by atoms with van der Waals surface area (Å²) in [6.45, 7) is 4.15. The standard InChI is InChI=1S/C14H14N2OS/c1-2-9-17-13-6-3-5-12(10-13)11-18-14-15-7-4-8-16-14/h2-8,10H,1,9,11H2. The average molecular weight is 258 g/mol. The van der Waals surface area contributed by atoms with Crippen LogP contribution in [0.15, 0.2) is 60.5 Å². The minimum absolute atomic E-state index is 0.526. The van der Waals surface area contributed by atoms with Crippen LogP contribution in [0, 0.1) is 0 Å². The third kappa shape index (κ3) is 3.89. The molecule has 2 aromatic rings. The van der Waals surface area contributed by atoms with Crippen LogP contribution in [0.3, 0.4) is 0 Å². The number of ether oxygens (including phenoxy) is 1. The van der Waals surface area contributed by atoms with Crippen molar-refractivity contribution in [1.29, 1.82) is 0 Å². The second-order valence-corrected chi connectivity index (χ2v) is 4.51. The number of rotatable bonds is 6. The Morgan fingerprint density at radius 2 is 2.06 bits per heavy atom. The number of hydrogen-bond donors (Lipinski definition) is 0. The van der Waals surface area contributed by atoms with Crippen LogP contribution in [-0.2, 0) is 5.75 Å². The molecule has 18 heavy (non-hydrogen) atoms. The van der Waals surface area contributed by atoms with Gasteiger partial charge in [0, 0.05) is 18.1 Å². The molecule has 0 bridgehead atoms. The van der Waals surface area contributed by atoms with E-state index < -0.39 is 0 Å². The topological polar surface area (TPSA) is 35.0 Å². The van der Waals surface area contributed by atoms with Crippen LogP contribution in [0.4, 0.5) is 0 Å². The molecule has 0 fully saturated rings. The minimum Gasteiger partial charge on any atom is -0.490 e. The van der Waals surface area contributed by atoms with Crippen molar-refractivity contribution in [2.45, 2.75) is 10.9 Å². The molecule has 1 aromatic carbocycles. The zero-order chi connectivity index (χ0) is 12.6. The molecular formula is C14H14N2OS. The van der Waals surface area contributed by atoms with E-state index in [2.05, 4.69) is 22.6 Å². The Morgan fingerprint density at radius 3 is 2.83 bits per heavy atom. The zero-order valence-electron chi connectivity index (χ0n) is 9.95. The highest BCUT2D eigenvalue weighted by Gasteiger charge is 2.00. The first-order valence-corrected chi connectivity index (χ1v) is 6.59. The molecule has 2 rings (SSSR count). The van der Waals surface area contributed by atoms with Gasteiger partial charge in [0.2, 0.25) is 0 Å². The van der Waals surface area contributed by atoms with Crippen molar-refractivity contribution in [3.8, 4) is 5.75 Å². The quantitative estimate of drug-likeness (QED) is 0.452. The Labute approximate surface area is 111 Å². The van der Waals surface area contributed by atoms with Crippen LogP contribution < -0.4 is 4.74 Å². The van der Waals surface area contributed by atoms with Gasteiger partial charge in [-0.2, -0.15) is 0 Å². The summed E-state index contributed by atoms with van der Waals surface area (Å²) in [5, 5.41) is 0.787. The lowest BCUT2D eigenvalue weighted by Gasteiger charge is -2.05. The molecule has 0 unspecified atom stereocenters. The van der Waals surface area contributed by atoms with Crippen molar-refractivity contribution < 1.29 is 4.74 Å². The summed E-state index contributed by atoms with van der Waals surface area (Å²) in [7, 11) is 0. The van der Waals surface area contributed by atoms with E-state index in [4.69, 9.17) is 4.74 Å². The molecule has 0 amide bonds. The van der Waals surface area contributed by atoms with Crippen LogP contribution >= 0.6 is 11.8 Å². The number of aromatic nitrogens is 2. The summed E-state index contributed by atoms with van der Waals surface area (Å²) in [6, 6.07) is 9.83. The van der Waals surface area contributed by atoms with Gasteiger partial charge in [-0.15, -0.1) is 0 Å². The lowest BCUT2D eigenvalue weighted by molar-refractivity contribution is 0.363. The van der Waals surface area contributed by atoms with Crippen molar-refractivity contribution in [2.75, 3.05) is 6.61 Å². The Balaban J connectivity index is 1.95. The van der Waals surface area contributed by atoms with Crippen molar-refractivity contribution in [3.63, 3.8) is 0 Å². The maximum Gasteiger partial charge on any atom is 0.187 e. The highest BCUT2D eigenvalue weighted by atomic mass is 32.2. The molecule has 4 heteroatoms. The molecule has 3 nitrogen and oxygen atoms in total. The Bertz CT molecular complexity index is 502. The van der Waals surface area contributed by atoms with Gasteiger partial charge in [0.15, 0.2) is 5.16 Å². The largest absolute Gasteiger partial charge is 0.490 e.